The van der Waals surface area contributed by atoms with Gasteiger partial charge in [0, 0.05) is 11.1 Å². The second-order valence-electron chi connectivity index (χ2n) is 6.96. The number of nitrogens with one attached hydrogen (secondary N) is 2. The Kier molecular flexibility index (Phi) is 6.21. The van der Waals surface area contributed by atoms with Gasteiger partial charge in [-0.3, -0.25) is 0 Å². The molecule has 0 aliphatic rings. The molecule has 3 aromatic rings. The standard InChI is InChI=1S/C22H26N2O4/c1-3-4-13-27-18-11-9-17(10-12-18)24-21(25)23-15-22(2,26)20-14-16-7-5-6-8-19(16)28-20/h5-12,14,26H,3-4,13,15H2,1-2H3,(H2,23,24,25)/t22-/m1/s1. The van der Waals surface area contributed by atoms with Crippen LogP contribution in [0.4, 0.5) is 10.5 Å². The van der Waals surface area contributed by atoms with Crippen LogP contribution in [-0.2, 0) is 5.60 Å². The lowest BCUT2D eigenvalue weighted by atomic mass is 10.0. The van der Waals surface area contributed by atoms with E-state index < -0.39 is 11.6 Å². The summed E-state index contributed by atoms with van der Waals surface area (Å²) >= 11 is 0. The summed E-state index contributed by atoms with van der Waals surface area (Å²) in [4.78, 5) is 12.2. The Hall–Kier alpha value is -2.99. The molecule has 1 atom stereocenters. The molecule has 2 aromatic carbocycles. The van der Waals surface area contributed by atoms with Gasteiger partial charge in [-0.15, -0.1) is 0 Å². The van der Waals surface area contributed by atoms with Crippen LogP contribution in [0.2, 0.25) is 0 Å². The first kappa shape index (κ1) is 19.8. The van der Waals surface area contributed by atoms with Crippen molar-refractivity contribution in [2.24, 2.45) is 0 Å². The van der Waals surface area contributed by atoms with Crippen molar-refractivity contribution >= 4 is 22.7 Å². The van der Waals surface area contributed by atoms with Crippen LogP contribution >= 0.6 is 0 Å². The lowest BCUT2D eigenvalue weighted by Crippen LogP contribution is -2.40. The van der Waals surface area contributed by atoms with Gasteiger partial charge < -0.3 is 24.9 Å². The fourth-order valence-electron chi connectivity index (χ4n) is 2.73. The summed E-state index contributed by atoms with van der Waals surface area (Å²) in [6.45, 7) is 4.41. The summed E-state index contributed by atoms with van der Waals surface area (Å²) in [5.74, 6) is 1.18. The van der Waals surface area contributed by atoms with Crippen molar-refractivity contribution in [3.05, 3.63) is 60.4 Å². The number of carbonyl (C=O) groups excluding carboxylic acids is 1. The number of benzene rings is 2. The Morgan fingerprint density at radius 2 is 1.93 bits per heavy atom. The molecule has 2 amide bonds. The summed E-state index contributed by atoms with van der Waals surface area (Å²) in [5.41, 5.74) is 0.0139. The molecule has 0 spiro atoms. The molecule has 0 aliphatic carbocycles. The van der Waals surface area contributed by atoms with E-state index in [0.29, 0.717) is 23.6 Å². The highest BCUT2D eigenvalue weighted by atomic mass is 16.5. The van der Waals surface area contributed by atoms with E-state index in [2.05, 4.69) is 17.6 Å². The van der Waals surface area contributed by atoms with Crippen LogP contribution in [0.15, 0.2) is 59.0 Å². The molecule has 0 saturated heterocycles. The third-order valence-corrected chi connectivity index (χ3v) is 4.43. The van der Waals surface area contributed by atoms with E-state index in [-0.39, 0.29) is 6.54 Å². The van der Waals surface area contributed by atoms with Gasteiger partial charge in [0.25, 0.3) is 0 Å². The van der Waals surface area contributed by atoms with Gasteiger partial charge in [0.1, 0.15) is 22.7 Å². The number of ether oxygens (including phenoxy) is 1. The number of hydrogen-bond acceptors (Lipinski definition) is 4. The van der Waals surface area contributed by atoms with Crippen LogP contribution in [0.5, 0.6) is 5.75 Å². The molecule has 0 saturated carbocycles. The number of amides is 2. The largest absolute Gasteiger partial charge is 0.494 e. The van der Waals surface area contributed by atoms with Gasteiger partial charge in [-0.25, -0.2) is 4.79 Å². The molecular weight excluding hydrogens is 356 g/mol. The molecule has 0 radical (unpaired) electrons. The van der Waals surface area contributed by atoms with Gasteiger partial charge >= 0.3 is 6.03 Å². The SMILES string of the molecule is CCCCOc1ccc(NC(=O)NC[C@@](C)(O)c2cc3ccccc3o2)cc1. The predicted molar refractivity (Wildman–Crippen MR) is 110 cm³/mol. The predicted octanol–water partition coefficient (Wildman–Crippen LogP) is 4.64. The Balaban J connectivity index is 1.53. The lowest BCUT2D eigenvalue weighted by Gasteiger charge is -2.21. The van der Waals surface area contributed by atoms with Gasteiger partial charge in [0.05, 0.1) is 13.2 Å². The molecule has 0 bridgehead atoms. The van der Waals surface area contributed by atoms with Crippen molar-refractivity contribution in [2.45, 2.75) is 32.3 Å². The maximum Gasteiger partial charge on any atom is 0.319 e. The molecule has 148 valence electrons. The Morgan fingerprint density at radius 1 is 1.18 bits per heavy atom. The molecule has 0 unspecified atom stereocenters. The number of carbonyl (C=O) groups is 1. The van der Waals surface area contributed by atoms with E-state index in [1.807, 2.05) is 36.4 Å². The minimum atomic E-state index is -1.33. The van der Waals surface area contributed by atoms with Crippen LogP contribution in [0.25, 0.3) is 11.0 Å². The van der Waals surface area contributed by atoms with E-state index >= 15 is 0 Å². The number of hydrogen-bond donors (Lipinski definition) is 3. The van der Waals surface area contributed by atoms with Crippen LogP contribution in [0, 0.1) is 0 Å². The molecule has 1 aromatic heterocycles. The normalized spacial score (nSPS) is 13.1. The highest BCUT2D eigenvalue weighted by Crippen LogP contribution is 2.27. The minimum absolute atomic E-state index is 0.0108. The van der Waals surface area contributed by atoms with Crippen LogP contribution in [0.3, 0.4) is 0 Å². The number of anilines is 1. The van der Waals surface area contributed by atoms with Crippen LogP contribution in [-0.4, -0.2) is 24.3 Å². The van der Waals surface area contributed by atoms with Gasteiger partial charge in [-0.05, 0) is 49.7 Å². The van der Waals surface area contributed by atoms with Gasteiger partial charge in [-0.2, -0.15) is 0 Å². The number of rotatable bonds is 8. The minimum Gasteiger partial charge on any atom is -0.494 e. The number of urea groups is 1. The lowest BCUT2D eigenvalue weighted by molar-refractivity contribution is 0.0388. The van der Waals surface area contributed by atoms with E-state index in [9.17, 15) is 9.90 Å². The van der Waals surface area contributed by atoms with E-state index in [4.69, 9.17) is 9.15 Å². The number of aliphatic hydroxyl groups is 1. The fourth-order valence-corrected chi connectivity index (χ4v) is 2.73. The molecule has 1 heterocycles. The summed E-state index contributed by atoms with van der Waals surface area (Å²) < 4.78 is 11.3. The first-order valence-electron chi connectivity index (χ1n) is 9.47. The number of para-hydroxylation sites is 1. The summed E-state index contributed by atoms with van der Waals surface area (Å²) in [6, 6.07) is 16.1. The maximum absolute atomic E-state index is 12.2. The van der Waals surface area contributed by atoms with Crippen molar-refractivity contribution in [2.75, 3.05) is 18.5 Å². The molecule has 0 aliphatic heterocycles. The molecule has 6 heteroatoms. The third kappa shape index (κ3) is 5.04. The first-order valence-corrected chi connectivity index (χ1v) is 9.47. The first-order chi connectivity index (χ1) is 13.5. The van der Waals surface area contributed by atoms with Crippen LogP contribution < -0.4 is 15.4 Å². The molecule has 28 heavy (non-hydrogen) atoms. The Labute approximate surface area is 164 Å². The fraction of sp³-hybridized carbons (Fsp3) is 0.318. The zero-order valence-electron chi connectivity index (χ0n) is 16.2. The number of unbranched alkanes of at least 4 members (excludes halogenated alkanes) is 1. The summed E-state index contributed by atoms with van der Waals surface area (Å²) in [6.07, 6.45) is 2.09. The number of fused-ring (bicyclic) bond motifs is 1. The third-order valence-electron chi connectivity index (χ3n) is 4.43. The second kappa shape index (κ2) is 8.80. The smallest absolute Gasteiger partial charge is 0.319 e. The Bertz CT molecular complexity index is 883. The van der Waals surface area contributed by atoms with E-state index in [0.717, 1.165) is 24.0 Å². The van der Waals surface area contributed by atoms with Gasteiger partial charge in [0.15, 0.2) is 0 Å². The highest BCUT2D eigenvalue weighted by molar-refractivity contribution is 5.89. The van der Waals surface area contributed by atoms with E-state index in [1.165, 1.54) is 0 Å². The van der Waals surface area contributed by atoms with Crippen molar-refractivity contribution in [3.8, 4) is 5.75 Å². The quantitative estimate of drug-likeness (QED) is 0.496. The molecule has 6 nitrogen and oxygen atoms in total. The second-order valence-corrected chi connectivity index (χ2v) is 6.96. The molecular formula is C22H26N2O4. The van der Waals surface area contributed by atoms with Crippen molar-refractivity contribution in [1.29, 1.82) is 0 Å². The van der Waals surface area contributed by atoms with Crippen LogP contribution in [0.1, 0.15) is 32.4 Å². The molecule has 3 N–H and O–H groups in total. The zero-order chi connectivity index (χ0) is 20.0. The van der Waals surface area contributed by atoms with Gasteiger partial charge in [-0.1, -0.05) is 31.5 Å². The number of furan rings is 1. The van der Waals surface area contributed by atoms with E-state index in [1.54, 1.807) is 25.1 Å². The monoisotopic (exact) mass is 382 g/mol. The summed E-state index contributed by atoms with van der Waals surface area (Å²) in [5, 5.41) is 17.0. The average molecular weight is 382 g/mol. The summed E-state index contributed by atoms with van der Waals surface area (Å²) in [7, 11) is 0. The maximum atomic E-state index is 12.2. The van der Waals surface area contributed by atoms with Gasteiger partial charge in [0.2, 0.25) is 0 Å². The Morgan fingerprint density at radius 3 is 2.64 bits per heavy atom. The van der Waals surface area contributed by atoms with Crippen molar-refractivity contribution in [1.82, 2.24) is 5.32 Å². The highest BCUT2D eigenvalue weighted by Gasteiger charge is 2.28. The zero-order valence-corrected chi connectivity index (χ0v) is 16.2. The van der Waals surface area contributed by atoms with Crippen molar-refractivity contribution < 1.29 is 19.1 Å². The average Bonchev–Trinajstić information content (AvgIpc) is 3.13. The van der Waals surface area contributed by atoms with Crippen molar-refractivity contribution in [3.63, 3.8) is 0 Å². The topological polar surface area (TPSA) is 83.7 Å². The molecule has 0 fully saturated rings. The molecule has 3 rings (SSSR count).